The lowest BCUT2D eigenvalue weighted by molar-refractivity contribution is 0.596. The van der Waals surface area contributed by atoms with Crippen LogP contribution in [0.2, 0.25) is 0 Å². The minimum absolute atomic E-state index is 0.691. The third-order valence-corrected chi connectivity index (χ3v) is 4.20. The number of fused-ring (bicyclic) bond motifs is 2. The summed E-state index contributed by atoms with van der Waals surface area (Å²) in [6, 6.07) is 0. The van der Waals surface area contributed by atoms with Crippen LogP contribution >= 0.6 is 0 Å². The Balaban J connectivity index is 1.67. The van der Waals surface area contributed by atoms with Crippen LogP contribution in [-0.2, 0) is 13.1 Å². The molecule has 26 heavy (non-hydrogen) atoms. The molecule has 0 saturated heterocycles. The van der Waals surface area contributed by atoms with E-state index in [9.17, 15) is 0 Å². The number of hydrogen-bond donors (Lipinski definition) is 0. The predicted octanol–water partition coefficient (Wildman–Crippen LogP) is 0.798. The molecule has 0 spiro atoms. The monoisotopic (exact) mass is 352 g/mol. The Bertz CT molecular complexity index is 1060. The molecule has 0 aliphatic rings. The van der Waals surface area contributed by atoms with Crippen molar-refractivity contribution in [3.05, 3.63) is 25.3 Å². The molecule has 4 heterocycles. The Morgan fingerprint density at radius 2 is 1.38 bits per heavy atom. The van der Waals surface area contributed by atoms with E-state index in [1.54, 1.807) is 19.0 Å². The van der Waals surface area contributed by atoms with E-state index in [0.29, 0.717) is 18.7 Å². The van der Waals surface area contributed by atoms with E-state index in [4.69, 9.17) is 0 Å². The zero-order chi connectivity index (χ0) is 18.3. The summed E-state index contributed by atoms with van der Waals surface area (Å²) in [5.41, 5.74) is 3.23. The van der Waals surface area contributed by atoms with E-state index < -0.39 is 0 Å². The minimum Gasteiger partial charge on any atom is -0.361 e. The predicted molar refractivity (Wildman–Crippen MR) is 99.3 cm³/mol. The third-order valence-electron chi connectivity index (χ3n) is 4.20. The highest BCUT2D eigenvalue weighted by Crippen LogP contribution is 2.22. The lowest BCUT2D eigenvalue weighted by Crippen LogP contribution is -2.14. The standard InChI is InChI=1S/C16H20N10/c1-23(2)14-11-15(19-8-18-14)26(9-21-11)6-5-25-10-22-13-12(25)16(24(3)4)20-7-17-13/h7-10H,5-6H2,1-4H3. The lowest BCUT2D eigenvalue weighted by atomic mass is 10.4. The van der Waals surface area contributed by atoms with Gasteiger partial charge in [-0.15, -0.1) is 0 Å². The van der Waals surface area contributed by atoms with Gasteiger partial charge in [-0.25, -0.2) is 29.9 Å². The number of aryl methyl sites for hydroxylation is 2. The van der Waals surface area contributed by atoms with Crippen molar-refractivity contribution in [2.45, 2.75) is 13.1 Å². The maximum Gasteiger partial charge on any atom is 0.182 e. The van der Waals surface area contributed by atoms with Crippen molar-refractivity contribution in [3.8, 4) is 0 Å². The van der Waals surface area contributed by atoms with Crippen molar-refractivity contribution < 1.29 is 0 Å². The molecule has 0 aromatic carbocycles. The quantitative estimate of drug-likeness (QED) is 0.521. The Kier molecular flexibility index (Phi) is 3.86. The van der Waals surface area contributed by atoms with E-state index >= 15 is 0 Å². The van der Waals surface area contributed by atoms with Gasteiger partial charge < -0.3 is 18.9 Å². The summed E-state index contributed by atoms with van der Waals surface area (Å²) in [4.78, 5) is 30.1. The highest BCUT2D eigenvalue weighted by atomic mass is 15.2. The van der Waals surface area contributed by atoms with Crippen molar-refractivity contribution in [2.75, 3.05) is 38.0 Å². The molecule has 4 rings (SSSR count). The molecule has 10 heteroatoms. The molecule has 134 valence electrons. The van der Waals surface area contributed by atoms with Crippen molar-refractivity contribution in [2.24, 2.45) is 0 Å². The van der Waals surface area contributed by atoms with Gasteiger partial charge in [0.05, 0.1) is 12.7 Å². The average molecular weight is 352 g/mol. The summed E-state index contributed by atoms with van der Waals surface area (Å²) < 4.78 is 4.08. The maximum absolute atomic E-state index is 4.49. The Hall–Kier alpha value is -3.30. The summed E-state index contributed by atoms with van der Waals surface area (Å²) in [7, 11) is 7.81. The van der Waals surface area contributed by atoms with Gasteiger partial charge in [0.15, 0.2) is 28.4 Å². The van der Waals surface area contributed by atoms with Gasteiger partial charge in [0.1, 0.15) is 18.2 Å². The van der Waals surface area contributed by atoms with Crippen molar-refractivity contribution in [3.63, 3.8) is 0 Å². The van der Waals surface area contributed by atoms with Crippen LogP contribution in [0.1, 0.15) is 0 Å². The number of imidazole rings is 2. The molecule has 0 amide bonds. The fourth-order valence-corrected chi connectivity index (χ4v) is 2.97. The first-order valence-electron chi connectivity index (χ1n) is 8.22. The van der Waals surface area contributed by atoms with Crippen LogP contribution in [0.3, 0.4) is 0 Å². The molecule has 0 radical (unpaired) electrons. The summed E-state index contributed by atoms with van der Waals surface area (Å²) in [6.07, 6.45) is 6.71. The van der Waals surface area contributed by atoms with Crippen LogP contribution in [-0.4, -0.2) is 67.2 Å². The molecule has 0 N–H and O–H groups in total. The van der Waals surface area contributed by atoms with Gasteiger partial charge in [0.2, 0.25) is 0 Å². The van der Waals surface area contributed by atoms with Crippen LogP contribution < -0.4 is 9.80 Å². The van der Waals surface area contributed by atoms with Crippen LogP contribution in [0.25, 0.3) is 22.3 Å². The molecule has 0 fully saturated rings. The zero-order valence-electron chi connectivity index (χ0n) is 15.2. The first kappa shape index (κ1) is 16.2. The summed E-state index contributed by atoms with van der Waals surface area (Å²) in [5.74, 6) is 1.66. The SMILES string of the molecule is CN(C)c1ncnc2c1ncn2CCn1cnc2ncnc(N(C)C)c21. The second-order valence-electron chi connectivity index (χ2n) is 6.40. The van der Waals surface area contributed by atoms with Crippen molar-refractivity contribution in [1.82, 2.24) is 39.0 Å². The first-order valence-corrected chi connectivity index (χ1v) is 8.22. The zero-order valence-corrected chi connectivity index (χ0v) is 15.2. The van der Waals surface area contributed by atoms with Gasteiger partial charge in [-0.3, -0.25) is 0 Å². The Labute approximate surface area is 150 Å². The normalized spacial score (nSPS) is 11.4. The summed E-state index contributed by atoms with van der Waals surface area (Å²) in [5, 5.41) is 0. The molecule has 0 saturated carbocycles. The van der Waals surface area contributed by atoms with E-state index in [1.807, 2.05) is 42.6 Å². The number of aromatic nitrogens is 8. The van der Waals surface area contributed by atoms with Crippen LogP contribution in [0.15, 0.2) is 25.3 Å². The minimum atomic E-state index is 0.691. The molecule has 10 nitrogen and oxygen atoms in total. The molecule has 4 aromatic rings. The third kappa shape index (κ3) is 2.59. The fourth-order valence-electron chi connectivity index (χ4n) is 2.97. The van der Waals surface area contributed by atoms with Crippen LogP contribution in [0, 0.1) is 0 Å². The van der Waals surface area contributed by atoms with Crippen LogP contribution in [0.5, 0.6) is 0 Å². The van der Waals surface area contributed by atoms with Crippen molar-refractivity contribution in [1.29, 1.82) is 0 Å². The van der Waals surface area contributed by atoms with E-state index in [1.165, 1.54) is 6.33 Å². The van der Waals surface area contributed by atoms with Crippen LogP contribution in [0.4, 0.5) is 11.6 Å². The molecule has 0 aliphatic heterocycles. The van der Waals surface area contributed by atoms with Crippen molar-refractivity contribution >= 4 is 34.0 Å². The van der Waals surface area contributed by atoms with E-state index in [-0.39, 0.29) is 0 Å². The van der Waals surface area contributed by atoms with Gasteiger partial charge in [-0.1, -0.05) is 0 Å². The highest BCUT2D eigenvalue weighted by Gasteiger charge is 2.14. The second kappa shape index (κ2) is 6.21. The molecule has 0 atom stereocenters. The van der Waals surface area contributed by atoms with Gasteiger partial charge in [0, 0.05) is 41.3 Å². The smallest absolute Gasteiger partial charge is 0.182 e. The molecule has 4 aromatic heterocycles. The molecular formula is C16H20N10. The second-order valence-corrected chi connectivity index (χ2v) is 6.40. The Morgan fingerprint density at radius 3 is 2.15 bits per heavy atom. The summed E-state index contributed by atoms with van der Waals surface area (Å²) >= 11 is 0. The first-order chi connectivity index (χ1) is 12.6. The van der Waals surface area contributed by atoms with E-state index in [2.05, 4.69) is 34.5 Å². The number of hydrogen-bond acceptors (Lipinski definition) is 8. The van der Waals surface area contributed by atoms with Gasteiger partial charge in [0.25, 0.3) is 0 Å². The average Bonchev–Trinajstić information content (AvgIpc) is 3.23. The Morgan fingerprint density at radius 1 is 0.731 bits per heavy atom. The molecule has 0 bridgehead atoms. The largest absolute Gasteiger partial charge is 0.361 e. The molecule has 0 aliphatic carbocycles. The topological polar surface area (TPSA) is 93.7 Å². The molecular weight excluding hydrogens is 332 g/mol. The van der Waals surface area contributed by atoms with Gasteiger partial charge in [-0.05, 0) is 0 Å². The summed E-state index contributed by atoms with van der Waals surface area (Å²) in [6.45, 7) is 1.41. The molecule has 0 unspecified atom stereocenters. The maximum atomic E-state index is 4.49. The number of nitrogens with zero attached hydrogens (tertiary/aromatic N) is 10. The lowest BCUT2D eigenvalue weighted by Gasteiger charge is -2.14. The number of anilines is 2. The fraction of sp³-hybridized carbons (Fsp3) is 0.375. The van der Waals surface area contributed by atoms with Gasteiger partial charge in [-0.2, -0.15) is 0 Å². The number of rotatable bonds is 5. The highest BCUT2D eigenvalue weighted by molar-refractivity contribution is 5.84. The van der Waals surface area contributed by atoms with E-state index in [0.717, 1.165) is 28.3 Å². The van der Waals surface area contributed by atoms with Gasteiger partial charge >= 0.3 is 0 Å².